The molecule has 2 aromatic heterocycles. The number of pyridine rings is 1. The van der Waals surface area contributed by atoms with Gasteiger partial charge in [-0.25, -0.2) is 0 Å². The number of fused-ring (bicyclic) bond motifs is 4. The van der Waals surface area contributed by atoms with E-state index in [9.17, 15) is 0 Å². The van der Waals surface area contributed by atoms with Crippen LogP contribution in [0.25, 0.3) is 21.8 Å². The highest BCUT2D eigenvalue weighted by molar-refractivity contribution is 6.31. The first-order valence-corrected chi connectivity index (χ1v) is 10.7. The molecular formula is C24H24ClN3O. The van der Waals surface area contributed by atoms with E-state index in [4.69, 9.17) is 16.3 Å². The number of nitrogens with one attached hydrogen (secondary N) is 1. The fraction of sp³-hybridized carbons (Fsp3) is 0.292. The summed E-state index contributed by atoms with van der Waals surface area (Å²) < 4.78 is 8.63. The number of nitrogens with zero attached hydrogens (tertiary/aromatic N) is 2. The Kier molecular flexibility index (Phi) is 5.13. The Morgan fingerprint density at radius 2 is 2.00 bits per heavy atom. The smallest absolute Gasteiger partial charge is 0.145 e. The van der Waals surface area contributed by atoms with Crippen LogP contribution in [0.15, 0.2) is 54.7 Å². The minimum Gasteiger partial charge on any atom is -0.489 e. The Morgan fingerprint density at radius 1 is 1.07 bits per heavy atom. The molecule has 4 aromatic rings. The highest BCUT2D eigenvalue weighted by atomic mass is 35.5. The van der Waals surface area contributed by atoms with Crippen LogP contribution in [0.1, 0.15) is 17.7 Å². The Labute approximate surface area is 175 Å². The van der Waals surface area contributed by atoms with Crippen LogP contribution in [0.5, 0.6) is 5.75 Å². The molecule has 5 heteroatoms. The molecule has 0 saturated carbocycles. The van der Waals surface area contributed by atoms with Gasteiger partial charge in [0, 0.05) is 33.2 Å². The molecule has 1 N–H and O–H groups in total. The molecule has 0 aliphatic carbocycles. The minimum atomic E-state index is 0.604. The van der Waals surface area contributed by atoms with Crippen LogP contribution < -0.4 is 10.1 Å². The molecule has 1 aliphatic heterocycles. The van der Waals surface area contributed by atoms with E-state index < -0.39 is 0 Å². The molecule has 0 atom stereocenters. The summed E-state index contributed by atoms with van der Waals surface area (Å²) in [5, 5.41) is 6.70. The lowest BCUT2D eigenvalue weighted by molar-refractivity contribution is 0.301. The van der Waals surface area contributed by atoms with Gasteiger partial charge in [-0.2, -0.15) is 0 Å². The lowest BCUT2D eigenvalue weighted by Crippen LogP contribution is -2.23. The Bertz CT molecular complexity index is 1160. The van der Waals surface area contributed by atoms with E-state index in [0.717, 1.165) is 60.6 Å². The maximum absolute atomic E-state index is 6.33. The van der Waals surface area contributed by atoms with Gasteiger partial charge in [-0.1, -0.05) is 29.8 Å². The van der Waals surface area contributed by atoms with Gasteiger partial charge in [-0.05, 0) is 68.2 Å². The van der Waals surface area contributed by atoms with E-state index in [1.54, 1.807) is 0 Å². The van der Waals surface area contributed by atoms with Gasteiger partial charge in [0.15, 0.2) is 0 Å². The average Bonchev–Trinajstić information content (AvgIpc) is 2.99. The Hall–Kier alpha value is -2.56. The number of benzene rings is 2. The molecular weight excluding hydrogens is 382 g/mol. The van der Waals surface area contributed by atoms with Crippen molar-refractivity contribution in [2.24, 2.45) is 0 Å². The normalized spacial score (nSPS) is 14.5. The molecule has 0 fully saturated rings. The molecule has 5 rings (SSSR count). The van der Waals surface area contributed by atoms with Gasteiger partial charge < -0.3 is 14.6 Å². The van der Waals surface area contributed by atoms with Gasteiger partial charge in [0.2, 0.25) is 0 Å². The first-order chi connectivity index (χ1) is 14.3. The number of para-hydroxylation sites is 1. The predicted molar refractivity (Wildman–Crippen MR) is 119 cm³/mol. The summed E-state index contributed by atoms with van der Waals surface area (Å²) in [5.74, 6) is 0.842. The minimum absolute atomic E-state index is 0.604. The van der Waals surface area contributed by atoms with Crippen LogP contribution in [0.4, 0.5) is 0 Å². The molecule has 2 aromatic carbocycles. The van der Waals surface area contributed by atoms with Crippen LogP contribution >= 0.6 is 11.6 Å². The third kappa shape index (κ3) is 3.59. The third-order valence-electron chi connectivity index (χ3n) is 5.74. The van der Waals surface area contributed by atoms with Crippen LogP contribution in [-0.4, -0.2) is 29.2 Å². The van der Waals surface area contributed by atoms with E-state index in [2.05, 4.69) is 39.1 Å². The van der Waals surface area contributed by atoms with Crippen molar-refractivity contribution >= 4 is 33.4 Å². The highest BCUT2D eigenvalue weighted by Gasteiger charge is 2.18. The molecule has 1 aliphatic rings. The van der Waals surface area contributed by atoms with E-state index in [0.29, 0.717) is 6.61 Å². The quantitative estimate of drug-likeness (QED) is 0.519. The number of aromatic nitrogens is 2. The second-order valence-electron chi connectivity index (χ2n) is 7.52. The summed E-state index contributed by atoms with van der Waals surface area (Å²) in [6.07, 6.45) is 5.07. The summed E-state index contributed by atoms with van der Waals surface area (Å²) in [5.41, 5.74) is 5.03. The number of hydrogen-bond acceptors (Lipinski definition) is 3. The third-order valence-corrected chi connectivity index (χ3v) is 5.97. The van der Waals surface area contributed by atoms with E-state index in [1.165, 1.54) is 22.2 Å². The second-order valence-corrected chi connectivity index (χ2v) is 7.96. The zero-order valence-corrected chi connectivity index (χ0v) is 17.1. The first-order valence-electron chi connectivity index (χ1n) is 10.3. The summed E-state index contributed by atoms with van der Waals surface area (Å²) in [7, 11) is 0. The predicted octanol–water partition coefficient (Wildman–Crippen LogP) is 5.00. The Balaban J connectivity index is 1.46. The van der Waals surface area contributed by atoms with Gasteiger partial charge in [0.1, 0.15) is 17.9 Å². The van der Waals surface area contributed by atoms with Crippen molar-refractivity contribution in [3.8, 4) is 5.75 Å². The summed E-state index contributed by atoms with van der Waals surface area (Å²) in [6, 6.07) is 16.4. The van der Waals surface area contributed by atoms with Crippen molar-refractivity contribution in [2.45, 2.75) is 25.8 Å². The van der Waals surface area contributed by atoms with Crippen molar-refractivity contribution in [1.82, 2.24) is 14.9 Å². The van der Waals surface area contributed by atoms with Gasteiger partial charge >= 0.3 is 0 Å². The summed E-state index contributed by atoms with van der Waals surface area (Å²) in [6.45, 7) is 3.49. The van der Waals surface area contributed by atoms with Crippen LogP contribution in [0.3, 0.4) is 0 Å². The number of halogens is 1. The zero-order chi connectivity index (χ0) is 19.6. The van der Waals surface area contributed by atoms with Crippen molar-refractivity contribution < 1.29 is 4.74 Å². The SMILES string of the molecule is Clc1ccc2c(c1)c1c(n2CCOc2cccc3cccnc23)CCCNCC1. The van der Waals surface area contributed by atoms with Gasteiger partial charge in [-0.15, -0.1) is 0 Å². The molecule has 3 heterocycles. The van der Waals surface area contributed by atoms with Crippen molar-refractivity contribution in [2.75, 3.05) is 19.7 Å². The zero-order valence-electron chi connectivity index (χ0n) is 16.3. The van der Waals surface area contributed by atoms with Crippen molar-refractivity contribution in [3.63, 3.8) is 0 Å². The van der Waals surface area contributed by atoms with Gasteiger partial charge in [-0.3, -0.25) is 4.98 Å². The lowest BCUT2D eigenvalue weighted by Gasteiger charge is -2.16. The molecule has 4 nitrogen and oxygen atoms in total. The largest absolute Gasteiger partial charge is 0.489 e. The van der Waals surface area contributed by atoms with E-state index in [-0.39, 0.29) is 0 Å². The summed E-state index contributed by atoms with van der Waals surface area (Å²) >= 11 is 6.33. The van der Waals surface area contributed by atoms with Crippen LogP contribution in [0.2, 0.25) is 5.02 Å². The molecule has 29 heavy (non-hydrogen) atoms. The maximum atomic E-state index is 6.33. The lowest BCUT2D eigenvalue weighted by atomic mass is 10.0. The highest BCUT2D eigenvalue weighted by Crippen LogP contribution is 2.31. The molecule has 0 amide bonds. The van der Waals surface area contributed by atoms with E-state index in [1.807, 2.05) is 30.5 Å². The van der Waals surface area contributed by atoms with Gasteiger partial charge in [0.25, 0.3) is 0 Å². The van der Waals surface area contributed by atoms with Crippen LogP contribution in [0, 0.1) is 0 Å². The number of ether oxygens (including phenoxy) is 1. The molecule has 0 radical (unpaired) electrons. The van der Waals surface area contributed by atoms with Crippen molar-refractivity contribution in [3.05, 3.63) is 71.0 Å². The Morgan fingerprint density at radius 3 is 2.97 bits per heavy atom. The standard InChI is InChI=1S/C24H24ClN3O/c25-18-8-9-22-20(16-18)19-10-13-26-11-3-6-21(19)28(22)14-15-29-23-7-1-4-17-5-2-12-27-24(17)23/h1-2,4-5,7-9,12,16,26H,3,6,10-11,13-15H2. The number of hydrogen-bond donors (Lipinski definition) is 1. The average molecular weight is 406 g/mol. The first kappa shape index (κ1) is 18.5. The molecule has 0 unspecified atom stereocenters. The molecule has 0 saturated heterocycles. The molecule has 0 bridgehead atoms. The summed E-state index contributed by atoms with van der Waals surface area (Å²) in [4.78, 5) is 4.50. The van der Waals surface area contributed by atoms with Crippen LogP contribution in [-0.2, 0) is 19.4 Å². The fourth-order valence-corrected chi connectivity index (χ4v) is 4.60. The molecule has 0 spiro atoms. The maximum Gasteiger partial charge on any atom is 0.145 e. The molecule has 148 valence electrons. The topological polar surface area (TPSA) is 39.1 Å². The van der Waals surface area contributed by atoms with Crippen molar-refractivity contribution in [1.29, 1.82) is 0 Å². The second kappa shape index (κ2) is 8.05. The van der Waals surface area contributed by atoms with E-state index >= 15 is 0 Å². The monoisotopic (exact) mass is 405 g/mol. The van der Waals surface area contributed by atoms with Gasteiger partial charge in [0.05, 0.1) is 6.54 Å². The fourth-order valence-electron chi connectivity index (χ4n) is 4.43. The number of rotatable bonds is 4.